The average Bonchev–Trinajstić information content (AvgIpc) is 2.91. The summed E-state index contributed by atoms with van der Waals surface area (Å²) >= 11 is 0. The third kappa shape index (κ3) is 2.39. The first-order valence-electron chi connectivity index (χ1n) is 6.82. The Bertz CT molecular complexity index is 309. The lowest BCUT2D eigenvalue weighted by atomic mass is 9.88. The number of carbonyl (C=O) groups is 1. The molecule has 0 aromatic rings. The maximum Gasteiger partial charge on any atom is 0.327 e. The van der Waals surface area contributed by atoms with Gasteiger partial charge < -0.3 is 9.64 Å². The Hall–Kier alpha value is -0.650. The van der Waals surface area contributed by atoms with Crippen molar-refractivity contribution in [3.8, 4) is 0 Å². The van der Waals surface area contributed by atoms with E-state index >= 15 is 0 Å². The van der Waals surface area contributed by atoms with Crippen molar-refractivity contribution >= 4 is 5.97 Å². The van der Waals surface area contributed by atoms with E-state index in [1.165, 1.54) is 13.5 Å². The van der Waals surface area contributed by atoms with E-state index in [1.807, 2.05) is 14.1 Å². The average molecular weight is 255 g/mol. The summed E-state index contributed by atoms with van der Waals surface area (Å²) in [6.45, 7) is 3.89. The van der Waals surface area contributed by atoms with Gasteiger partial charge in [0.05, 0.1) is 7.11 Å². The van der Waals surface area contributed by atoms with Gasteiger partial charge in [-0.05, 0) is 39.9 Å². The van der Waals surface area contributed by atoms with Crippen LogP contribution >= 0.6 is 0 Å². The molecular formula is C13H25N3O2. The van der Waals surface area contributed by atoms with Crippen LogP contribution < -0.4 is 5.32 Å². The highest BCUT2D eigenvalue weighted by Gasteiger charge is 2.54. The molecule has 1 N–H and O–H groups in total. The van der Waals surface area contributed by atoms with Crippen molar-refractivity contribution in [2.24, 2.45) is 0 Å². The van der Waals surface area contributed by atoms with Gasteiger partial charge in [-0.3, -0.25) is 10.2 Å². The Kier molecular flexibility index (Phi) is 4.25. The van der Waals surface area contributed by atoms with Crippen molar-refractivity contribution < 1.29 is 9.53 Å². The highest BCUT2D eigenvalue weighted by Crippen LogP contribution is 2.36. The molecule has 0 spiro atoms. The molecule has 2 atom stereocenters. The number of hydrogen-bond donors (Lipinski definition) is 1. The van der Waals surface area contributed by atoms with E-state index in [0.29, 0.717) is 6.04 Å². The van der Waals surface area contributed by atoms with Gasteiger partial charge in [-0.1, -0.05) is 0 Å². The van der Waals surface area contributed by atoms with Crippen LogP contribution in [0.3, 0.4) is 0 Å². The van der Waals surface area contributed by atoms with E-state index in [2.05, 4.69) is 15.1 Å². The summed E-state index contributed by atoms with van der Waals surface area (Å²) in [5.74, 6) is -0.0874. The number of nitrogens with zero attached hydrogens (tertiary/aromatic N) is 2. The number of hydrogen-bond acceptors (Lipinski definition) is 5. The molecule has 0 bridgehead atoms. The molecule has 2 fully saturated rings. The smallest absolute Gasteiger partial charge is 0.327 e. The number of esters is 1. The SMILES string of the molecule is COC(=O)C1(NCCN(C)C)CCN2CCCC21. The van der Waals surface area contributed by atoms with Crippen LogP contribution in [-0.4, -0.2) is 74.7 Å². The molecular weight excluding hydrogens is 230 g/mol. The van der Waals surface area contributed by atoms with Crippen LogP contribution in [0.25, 0.3) is 0 Å². The summed E-state index contributed by atoms with van der Waals surface area (Å²) in [4.78, 5) is 16.8. The predicted octanol–water partition coefficient (Wildman–Crippen LogP) is -0.0825. The van der Waals surface area contributed by atoms with Crippen molar-refractivity contribution in [3.05, 3.63) is 0 Å². The van der Waals surface area contributed by atoms with Crippen molar-refractivity contribution in [1.82, 2.24) is 15.1 Å². The zero-order chi connectivity index (χ0) is 13.2. The molecule has 2 heterocycles. The van der Waals surface area contributed by atoms with Crippen molar-refractivity contribution in [3.63, 3.8) is 0 Å². The molecule has 2 saturated heterocycles. The number of likely N-dealkylation sites (N-methyl/N-ethyl adjacent to an activating group) is 1. The minimum absolute atomic E-state index is 0.0874. The van der Waals surface area contributed by atoms with E-state index in [-0.39, 0.29) is 5.97 Å². The fraction of sp³-hybridized carbons (Fsp3) is 0.923. The van der Waals surface area contributed by atoms with Crippen molar-refractivity contribution in [2.75, 3.05) is 47.4 Å². The Morgan fingerprint density at radius 3 is 2.94 bits per heavy atom. The molecule has 0 saturated carbocycles. The summed E-state index contributed by atoms with van der Waals surface area (Å²) in [6.07, 6.45) is 3.17. The molecule has 2 unspecified atom stereocenters. The molecule has 2 aliphatic heterocycles. The zero-order valence-corrected chi connectivity index (χ0v) is 11.7. The van der Waals surface area contributed by atoms with Crippen LogP contribution in [-0.2, 0) is 9.53 Å². The van der Waals surface area contributed by atoms with Crippen LogP contribution in [0.1, 0.15) is 19.3 Å². The predicted molar refractivity (Wildman–Crippen MR) is 70.5 cm³/mol. The fourth-order valence-electron chi connectivity index (χ4n) is 3.34. The summed E-state index contributed by atoms with van der Waals surface area (Å²) in [5, 5.41) is 3.49. The Labute approximate surface area is 109 Å². The molecule has 2 aliphatic rings. The Morgan fingerprint density at radius 1 is 1.50 bits per heavy atom. The van der Waals surface area contributed by atoms with Crippen LogP contribution in [0.5, 0.6) is 0 Å². The lowest BCUT2D eigenvalue weighted by molar-refractivity contribution is -0.149. The molecule has 2 rings (SSSR count). The highest BCUT2D eigenvalue weighted by atomic mass is 16.5. The van der Waals surface area contributed by atoms with Gasteiger partial charge in [0.15, 0.2) is 0 Å². The van der Waals surface area contributed by atoms with Gasteiger partial charge in [0, 0.05) is 25.7 Å². The zero-order valence-electron chi connectivity index (χ0n) is 11.7. The monoisotopic (exact) mass is 255 g/mol. The number of fused-ring (bicyclic) bond motifs is 1. The molecule has 5 heteroatoms. The number of nitrogens with one attached hydrogen (secondary N) is 1. The standard InChI is InChI=1S/C13H25N3O2/c1-15(2)10-7-14-13(12(17)18-3)6-9-16-8-4-5-11(13)16/h11,14H,4-10H2,1-3H3. The quantitative estimate of drug-likeness (QED) is 0.696. The van der Waals surface area contributed by atoms with Gasteiger partial charge in [-0.15, -0.1) is 0 Å². The van der Waals surface area contributed by atoms with Crippen LogP contribution in [0.4, 0.5) is 0 Å². The summed E-state index contributed by atoms with van der Waals surface area (Å²) in [7, 11) is 5.58. The lowest BCUT2D eigenvalue weighted by Gasteiger charge is -2.34. The normalized spacial score (nSPS) is 31.9. The molecule has 0 aromatic carbocycles. The maximum atomic E-state index is 12.2. The number of methoxy groups -OCH3 is 1. The van der Waals surface area contributed by atoms with Crippen LogP contribution in [0, 0.1) is 0 Å². The van der Waals surface area contributed by atoms with Crippen LogP contribution in [0.2, 0.25) is 0 Å². The van der Waals surface area contributed by atoms with Gasteiger partial charge in [0.1, 0.15) is 5.54 Å². The molecule has 0 aromatic heterocycles. The molecule has 18 heavy (non-hydrogen) atoms. The Balaban J connectivity index is 2.06. The largest absolute Gasteiger partial charge is 0.468 e. The molecule has 0 amide bonds. The molecule has 0 aliphatic carbocycles. The Morgan fingerprint density at radius 2 is 2.28 bits per heavy atom. The summed E-state index contributed by atoms with van der Waals surface area (Å²) in [6, 6.07) is 0.326. The van der Waals surface area contributed by atoms with Crippen molar-refractivity contribution in [1.29, 1.82) is 0 Å². The van der Waals surface area contributed by atoms with E-state index in [1.54, 1.807) is 0 Å². The number of ether oxygens (including phenoxy) is 1. The van der Waals surface area contributed by atoms with Gasteiger partial charge in [0.25, 0.3) is 0 Å². The van der Waals surface area contributed by atoms with Crippen LogP contribution in [0.15, 0.2) is 0 Å². The van der Waals surface area contributed by atoms with E-state index in [0.717, 1.165) is 39.0 Å². The van der Waals surface area contributed by atoms with E-state index in [9.17, 15) is 4.79 Å². The fourth-order valence-corrected chi connectivity index (χ4v) is 3.34. The highest BCUT2D eigenvalue weighted by molar-refractivity contribution is 5.82. The third-order valence-electron chi connectivity index (χ3n) is 4.27. The topological polar surface area (TPSA) is 44.8 Å². The van der Waals surface area contributed by atoms with E-state index < -0.39 is 5.54 Å². The first kappa shape index (κ1) is 13.8. The van der Waals surface area contributed by atoms with E-state index in [4.69, 9.17) is 4.74 Å². The minimum atomic E-state index is -0.471. The van der Waals surface area contributed by atoms with Gasteiger partial charge in [0.2, 0.25) is 0 Å². The first-order valence-corrected chi connectivity index (χ1v) is 6.82. The second kappa shape index (κ2) is 5.55. The number of rotatable bonds is 5. The maximum absolute atomic E-state index is 12.2. The second-order valence-corrected chi connectivity index (χ2v) is 5.64. The molecule has 0 radical (unpaired) electrons. The number of carbonyl (C=O) groups excluding carboxylic acids is 1. The lowest BCUT2D eigenvalue weighted by Crippen LogP contribution is -2.60. The minimum Gasteiger partial charge on any atom is -0.468 e. The molecule has 104 valence electrons. The molecule has 5 nitrogen and oxygen atoms in total. The summed E-state index contributed by atoms with van der Waals surface area (Å²) < 4.78 is 5.06. The van der Waals surface area contributed by atoms with Gasteiger partial charge in [-0.2, -0.15) is 0 Å². The summed E-state index contributed by atoms with van der Waals surface area (Å²) in [5.41, 5.74) is -0.471. The first-order chi connectivity index (χ1) is 8.60. The van der Waals surface area contributed by atoms with Gasteiger partial charge >= 0.3 is 5.97 Å². The van der Waals surface area contributed by atoms with Crippen molar-refractivity contribution in [2.45, 2.75) is 30.8 Å². The third-order valence-corrected chi connectivity index (χ3v) is 4.27. The second-order valence-electron chi connectivity index (χ2n) is 5.64. The van der Waals surface area contributed by atoms with Gasteiger partial charge in [-0.25, -0.2) is 4.79 Å².